The van der Waals surface area contributed by atoms with Gasteiger partial charge in [-0.25, -0.2) is 0 Å². The molecule has 114 valence electrons. The summed E-state index contributed by atoms with van der Waals surface area (Å²) >= 11 is 0. The van der Waals surface area contributed by atoms with Crippen molar-refractivity contribution in [3.05, 3.63) is 63.7 Å². The van der Waals surface area contributed by atoms with Gasteiger partial charge in [-0.05, 0) is 5.56 Å². The van der Waals surface area contributed by atoms with E-state index in [2.05, 4.69) is 0 Å². The number of ether oxygens (including phenoxy) is 2. The largest absolute Gasteiger partial charge is 0.493 e. The van der Waals surface area contributed by atoms with Gasteiger partial charge in [0.15, 0.2) is 17.3 Å². The molecule has 0 aliphatic rings. The number of hydrogen-bond acceptors (Lipinski definition) is 5. The van der Waals surface area contributed by atoms with Crippen molar-refractivity contribution in [1.29, 1.82) is 0 Å². The first-order chi connectivity index (χ1) is 10.6. The molecule has 22 heavy (non-hydrogen) atoms. The molecular weight excluding hydrogens is 286 g/mol. The van der Waals surface area contributed by atoms with Crippen LogP contribution in [0.15, 0.2) is 42.5 Å². The minimum Gasteiger partial charge on any atom is -0.493 e. The Morgan fingerprint density at radius 3 is 2.23 bits per heavy atom. The third-order valence-electron chi connectivity index (χ3n) is 3.21. The lowest BCUT2D eigenvalue weighted by atomic mass is 10.0. The Hall–Kier alpha value is -2.89. The number of Topliss-reactive ketones (excluding diaryl/α,β-unsaturated/α-hetero) is 1. The van der Waals surface area contributed by atoms with Crippen molar-refractivity contribution in [3.63, 3.8) is 0 Å². The highest BCUT2D eigenvalue weighted by molar-refractivity contribution is 6.01. The van der Waals surface area contributed by atoms with E-state index in [1.807, 2.05) is 18.2 Å². The first-order valence-electron chi connectivity index (χ1n) is 6.54. The van der Waals surface area contributed by atoms with Crippen molar-refractivity contribution >= 4 is 11.5 Å². The smallest absolute Gasteiger partial charge is 0.284 e. The van der Waals surface area contributed by atoms with Crippen LogP contribution in [0.1, 0.15) is 15.9 Å². The van der Waals surface area contributed by atoms with E-state index >= 15 is 0 Å². The lowest BCUT2D eigenvalue weighted by Crippen LogP contribution is -2.08. The molecule has 0 aliphatic carbocycles. The fraction of sp³-hybridized carbons (Fsp3) is 0.188. The molecule has 0 saturated heterocycles. The number of ketones is 1. The first kappa shape index (κ1) is 15.5. The summed E-state index contributed by atoms with van der Waals surface area (Å²) in [6.45, 7) is 0. The summed E-state index contributed by atoms with van der Waals surface area (Å²) in [5.74, 6) is 0.147. The van der Waals surface area contributed by atoms with Crippen molar-refractivity contribution < 1.29 is 19.2 Å². The van der Waals surface area contributed by atoms with Gasteiger partial charge in [-0.3, -0.25) is 14.9 Å². The molecule has 0 bridgehead atoms. The number of nitro groups is 1. The van der Waals surface area contributed by atoms with Crippen LogP contribution in [-0.2, 0) is 6.42 Å². The summed E-state index contributed by atoms with van der Waals surface area (Å²) in [5.41, 5.74) is 0.502. The molecule has 0 aromatic heterocycles. The molecule has 0 fully saturated rings. The number of nitro benzene ring substituents is 1. The molecule has 6 nitrogen and oxygen atoms in total. The molecule has 0 spiro atoms. The van der Waals surface area contributed by atoms with E-state index in [0.29, 0.717) is 0 Å². The zero-order valence-electron chi connectivity index (χ0n) is 12.2. The van der Waals surface area contributed by atoms with Gasteiger partial charge in [0.05, 0.1) is 30.8 Å². The Morgan fingerprint density at radius 1 is 1.09 bits per heavy atom. The molecule has 0 amide bonds. The minimum absolute atomic E-state index is 0.00602. The third kappa shape index (κ3) is 3.22. The normalized spacial score (nSPS) is 10.1. The zero-order valence-corrected chi connectivity index (χ0v) is 12.2. The van der Waals surface area contributed by atoms with Gasteiger partial charge in [-0.1, -0.05) is 30.3 Å². The second-order valence-electron chi connectivity index (χ2n) is 4.57. The van der Waals surface area contributed by atoms with Crippen LogP contribution in [0, 0.1) is 10.1 Å². The molecule has 0 aliphatic heterocycles. The summed E-state index contributed by atoms with van der Waals surface area (Å²) in [7, 11) is 2.79. The minimum atomic E-state index is -0.597. The molecular formula is C16H15NO5. The Kier molecular flexibility index (Phi) is 4.73. The highest BCUT2D eigenvalue weighted by Gasteiger charge is 2.24. The van der Waals surface area contributed by atoms with Crippen molar-refractivity contribution in [2.24, 2.45) is 0 Å². The van der Waals surface area contributed by atoms with Crippen molar-refractivity contribution in [1.82, 2.24) is 0 Å². The van der Waals surface area contributed by atoms with Gasteiger partial charge in [-0.2, -0.15) is 0 Å². The topological polar surface area (TPSA) is 78.7 Å². The Balaban J connectivity index is 2.44. The fourth-order valence-electron chi connectivity index (χ4n) is 2.12. The number of hydrogen-bond donors (Lipinski definition) is 0. The molecule has 0 saturated carbocycles. The van der Waals surface area contributed by atoms with Crippen LogP contribution in [0.2, 0.25) is 0 Å². The highest BCUT2D eigenvalue weighted by atomic mass is 16.6. The molecule has 2 aromatic carbocycles. The maximum atomic E-state index is 12.4. The van der Waals surface area contributed by atoms with Gasteiger partial charge in [-0.15, -0.1) is 0 Å². The average Bonchev–Trinajstić information content (AvgIpc) is 2.54. The molecule has 0 atom stereocenters. The quantitative estimate of drug-likeness (QED) is 0.465. The van der Waals surface area contributed by atoms with Gasteiger partial charge in [0.1, 0.15) is 0 Å². The summed E-state index contributed by atoms with van der Waals surface area (Å²) < 4.78 is 10.2. The monoisotopic (exact) mass is 301 g/mol. The summed E-state index contributed by atoms with van der Waals surface area (Å²) in [4.78, 5) is 23.0. The van der Waals surface area contributed by atoms with Crippen molar-refractivity contribution in [2.45, 2.75) is 6.42 Å². The molecule has 0 radical (unpaired) electrons. The standard InChI is InChI=1S/C16H15NO5/c1-21-15-9-12(13(17(19)20)10-16(15)22-2)14(18)8-11-6-4-3-5-7-11/h3-7,9-10H,8H2,1-2H3. The molecule has 0 N–H and O–H groups in total. The van der Waals surface area contributed by atoms with Crippen LogP contribution in [-0.4, -0.2) is 24.9 Å². The summed E-state index contributed by atoms with van der Waals surface area (Å²) in [5, 5.41) is 11.2. The Bertz CT molecular complexity index is 697. The number of nitrogens with zero attached hydrogens (tertiary/aromatic N) is 1. The number of methoxy groups -OCH3 is 2. The van der Waals surface area contributed by atoms with Crippen LogP contribution in [0.25, 0.3) is 0 Å². The molecule has 6 heteroatoms. The van der Waals surface area contributed by atoms with Gasteiger partial charge in [0.2, 0.25) is 0 Å². The highest BCUT2D eigenvalue weighted by Crippen LogP contribution is 2.35. The lowest BCUT2D eigenvalue weighted by Gasteiger charge is -2.10. The number of carbonyl (C=O) groups is 1. The van der Waals surface area contributed by atoms with Crippen LogP contribution in [0.5, 0.6) is 11.5 Å². The number of carbonyl (C=O) groups excluding carboxylic acids is 1. The SMILES string of the molecule is COc1cc(C(=O)Cc2ccccc2)c([N+](=O)[O-])cc1OC. The molecule has 0 unspecified atom stereocenters. The van der Waals surface area contributed by atoms with Gasteiger partial charge < -0.3 is 9.47 Å². The van der Waals surface area contributed by atoms with Crippen molar-refractivity contribution in [2.75, 3.05) is 14.2 Å². The molecule has 2 aromatic rings. The maximum absolute atomic E-state index is 12.4. The molecule has 2 rings (SSSR count). The summed E-state index contributed by atoms with van der Waals surface area (Å²) in [6.07, 6.45) is 0.0805. The number of benzene rings is 2. The van der Waals surface area contributed by atoms with E-state index in [4.69, 9.17) is 9.47 Å². The van der Waals surface area contributed by atoms with Crippen LogP contribution < -0.4 is 9.47 Å². The predicted octanol–water partition coefficient (Wildman–Crippen LogP) is 3.04. The van der Waals surface area contributed by atoms with Crippen molar-refractivity contribution in [3.8, 4) is 11.5 Å². The average molecular weight is 301 g/mol. The Morgan fingerprint density at radius 2 is 1.68 bits per heavy atom. The second kappa shape index (κ2) is 6.71. The van der Waals surface area contributed by atoms with E-state index < -0.39 is 4.92 Å². The second-order valence-corrected chi connectivity index (χ2v) is 4.57. The van der Waals surface area contributed by atoms with Gasteiger partial charge in [0.25, 0.3) is 5.69 Å². The first-order valence-corrected chi connectivity index (χ1v) is 6.54. The Labute approximate surface area is 127 Å². The fourth-order valence-corrected chi connectivity index (χ4v) is 2.12. The van der Waals surface area contributed by atoms with E-state index in [9.17, 15) is 14.9 Å². The van der Waals surface area contributed by atoms with E-state index in [1.54, 1.807) is 12.1 Å². The van der Waals surface area contributed by atoms with E-state index in [1.165, 1.54) is 26.4 Å². The van der Waals surface area contributed by atoms with Crippen LogP contribution >= 0.6 is 0 Å². The predicted molar refractivity (Wildman–Crippen MR) is 80.7 cm³/mol. The molecule has 0 heterocycles. The lowest BCUT2D eigenvalue weighted by molar-refractivity contribution is -0.385. The van der Waals surface area contributed by atoms with Crippen LogP contribution in [0.4, 0.5) is 5.69 Å². The van der Waals surface area contributed by atoms with E-state index in [-0.39, 0.29) is 35.0 Å². The van der Waals surface area contributed by atoms with Crippen LogP contribution in [0.3, 0.4) is 0 Å². The zero-order chi connectivity index (χ0) is 16.1. The number of rotatable bonds is 6. The van der Waals surface area contributed by atoms with Gasteiger partial charge in [0, 0.05) is 12.5 Å². The van der Waals surface area contributed by atoms with E-state index in [0.717, 1.165) is 5.56 Å². The maximum Gasteiger partial charge on any atom is 0.284 e. The summed E-state index contributed by atoms with van der Waals surface area (Å²) in [6, 6.07) is 11.6. The third-order valence-corrected chi connectivity index (χ3v) is 3.21. The van der Waals surface area contributed by atoms with Gasteiger partial charge >= 0.3 is 0 Å².